The zero-order chi connectivity index (χ0) is 26.2. The first-order chi connectivity index (χ1) is 17.2. The van der Waals surface area contributed by atoms with E-state index >= 15 is 0 Å². The number of nitrogens with one attached hydrogen (secondary N) is 2. The van der Waals surface area contributed by atoms with Crippen molar-refractivity contribution in [3.05, 3.63) is 76.8 Å². The maximum atomic E-state index is 13.7. The molecule has 0 unspecified atom stereocenters. The Morgan fingerprint density at radius 2 is 1.92 bits per heavy atom. The summed E-state index contributed by atoms with van der Waals surface area (Å²) in [6, 6.07) is 15.1. The minimum atomic E-state index is -1.23. The second-order valence-corrected chi connectivity index (χ2v) is 10.9. The Morgan fingerprint density at radius 1 is 1.22 bits per heavy atom. The molecule has 1 aliphatic heterocycles. The highest BCUT2D eigenvalue weighted by atomic mass is 79.9. The Bertz CT molecular complexity index is 1050. The van der Waals surface area contributed by atoms with Crippen molar-refractivity contribution in [1.82, 2.24) is 10.9 Å². The van der Waals surface area contributed by atoms with Crippen LogP contribution in [-0.4, -0.2) is 42.2 Å². The van der Waals surface area contributed by atoms with Gasteiger partial charge in [0.05, 0.1) is 6.61 Å². The van der Waals surface area contributed by atoms with Crippen LogP contribution in [0.15, 0.2) is 70.7 Å². The normalized spacial score (nSPS) is 19.4. The summed E-state index contributed by atoms with van der Waals surface area (Å²) in [5.41, 5.74) is 6.44. The van der Waals surface area contributed by atoms with Crippen LogP contribution in [0.5, 0.6) is 5.75 Å². The molecule has 0 radical (unpaired) electrons. The van der Waals surface area contributed by atoms with Crippen molar-refractivity contribution in [2.75, 3.05) is 19.8 Å². The minimum Gasteiger partial charge on any atom is -0.494 e. The monoisotopic (exact) mass is 557 g/mol. The van der Waals surface area contributed by atoms with Crippen LogP contribution in [0.2, 0.25) is 0 Å². The molecule has 2 aromatic rings. The van der Waals surface area contributed by atoms with Crippen molar-refractivity contribution < 1.29 is 19.4 Å². The minimum absolute atomic E-state index is 0.0820. The SMILES string of the molecule is C=CC[C@]1(C(=O)NNCCC(C)(C)C)N=C(c2ccc(OCCCO)cc2)O[C@H]1c1ccc(Br)cc1. The summed E-state index contributed by atoms with van der Waals surface area (Å²) >= 11 is 3.48. The van der Waals surface area contributed by atoms with Gasteiger partial charge in [-0.25, -0.2) is 10.4 Å². The van der Waals surface area contributed by atoms with Gasteiger partial charge in [0.15, 0.2) is 11.6 Å². The zero-order valence-electron chi connectivity index (χ0n) is 21.2. The topological polar surface area (TPSA) is 92.2 Å². The van der Waals surface area contributed by atoms with Gasteiger partial charge in [-0.1, -0.05) is 54.9 Å². The summed E-state index contributed by atoms with van der Waals surface area (Å²) in [4.78, 5) is 18.5. The number of aliphatic hydroxyl groups excluding tert-OH is 1. The number of aliphatic imine (C=N–C) groups is 1. The van der Waals surface area contributed by atoms with Gasteiger partial charge in [-0.15, -0.1) is 6.58 Å². The predicted molar refractivity (Wildman–Crippen MR) is 146 cm³/mol. The van der Waals surface area contributed by atoms with Crippen molar-refractivity contribution in [3.8, 4) is 5.75 Å². The molecular weight excluding hydrogens is 522 g/mol. The summed E-state index contributed by atoms with van der Waals surface area (Å²) < 4.78 is 13.0. The molecule has 8 heteroatoms. The lowest BCUT2D eigenvalue weighted by Gasteiger charge is -2.30. The average molecular weight is 559 g/mol. The summed E-state index contributed by atoms with van der Waals surface area (Å²) in [7, 11) is 0. The Morgan fingerprint density at radius 3 is 2.53 bits per heavy atom. The fraction of sp³-hybridized carbons (Fsp3) is 0.429. The van der Waals surface area contributed by atoms with Crippen molar-refractivity contribution in [1.29, 1.82) is 0 Å². The van der Waals surface area contributed by atoms with Gasteiger partial charge in [-0.2, -0.15) is 0 Å². The summed E-state index contributed by atoms with van der Waals surface area (Å²) in [5, 5.41) is 8.95. The van der Waals surface area contributed by atoms with Crippen LogP contribution in [0.1, 0.15) is 57.3 Å². The number of halogens is 1. The third-order valence-corrected chi connectivity index (χ3v) is 6.39. The highest BCUT2D eigenvalue weighted by molar-refractivity contribution is 9.10. The first kappa shape index (κ1) is 27.9. The largest absolute Gasteiger partial charge is 0.494 e. The lowest BCUT2D eigenvalue weighted by Crippen LogP contribution is -2.52. The number of nitrogens with zero attached hydrogens (tertiary/aromatic N) is 1. The fourth-order valence-corrected chi connectivity index (χ4v) is 4.13. The van der Waals surface area contributed by atoms with Crippen molar-refractivity contribution in [2.45, 2.75) is 51.7 Å². The number of amides is 1. The second-order valence-electron chi connectivity index (χ2n) is 10.0. The van der Waals surface area contributed by atoms with Crippen LogP contribution in [0.3, 0.4) is 0 Å². The van der Waals surface area contributed by atoms with Gasteiger partial charge in [0.1, 0.15) is 5.75 Å². The molecule has 3 N–H and O–H groups in total. The molecule has 0 spiro atoms. The van der Waals surface area contributed by atoms with Crippen LogP contribution in [0.25, 0.3) is 0 Å². The molecule has 2 atom stereocenters. The van der Waals surface area contributed by atoms with E-state index in [1.165, 1.54) is 0 Å². The molecule has 1 amide bonds. The van der Waals surface area contributed by atoms with E-state index in [2.05, 4.69) is 54.1 Å². The predicted octanol–water partition coefficient (Wildman–Crippen LogP) is 5.10. The van der Waals surface area contributed by atoms with E-state index in [9.17, 15) is 4.79 Å². The van der Waals surface area contributed by atoms with Crippen molar-refractivity contribution in [2.24, 2.45) is 10.4 Å². The first-order valence-electron chi connectivity index (χ1n) is 12.2. The number of hydrogen-bond acceptors (Lipinski definition) is 6. The Kier molecular flexibility index (Phi) is 9.70. The average Bonchev–Trinajstić information content (AvgIpc) is 3.23. The lowest BCUT2D eigenvalue weighted by atomic mass is 9.84. The Labute approximate surface area is 222 Å². The molecule has 36 heavy (non-hydrogen) atoms. The van der Waals surface area contributed by atoms with Crippen LogP contribution >= 0.6 is 15.9 Å². The molecule has 1 heterocycles. The zero-order valence-corrected chi connectivity index (χ0v) is 22.8. The molecule has 7 nitrogen and oxygen atoms in total. The maximum absolute atomic E-state index is 13.7. The summed E-state index contributed by atoms with van der Waals surface area (Å²) in [6.45, 7) is 11.5. The number of benzene rings is 2. The third-order valence-electron chi connectivity index (χ3n) is 5.86. The quantitative estimate of drug-likeness (QED) is 0.192. The van der Waals surface area contributed by atoms with Crippen molar-refractivity contribution >= 4 is 27.7 Å². The van der Waals surface area contributed by atoms with Crippen LogP contribution in [-0.2, 0) is 9.53 Å². The highest BCUT2D eigenvalue weighted by Gasteiger charge is 2.52. The second kappa shape index (κ2) is 12.5. The maximum Gasteiger partial charge on any atom is 0.266 e. The number of carbonyl (C=O) groups excluding carboxylic acids is 1. The van der Waals surface area contributed by atoms with Gasteiger partial charge in [-0.3, -0.25) is 10.2 Å². The van der Waals surface area contributed by atoms with Crippen molar-refractivity contribution in [3.63, 3.8) is 0 Å². The standard InChI is InChI=1S/C28H36BrN3O4/c1-5-15-28(26(34)32-30-17-16-27(2,3)4)24(20-7-11-22(29)12-8-20)36-25(31-28)21-9-13-23(14-10-21)35-19-6-18-33/h5,7-14,24,30,33H,1,6,15-19H2,2-4H3,(H,32,34)/t24-,28-/m0/s1. The fourth-order valence-electron chi connectivity index (χ4n) is 3.86. The van der Waals surface area contributed by atoms with E-state index in [1.54, 1.807) is 6.08 Å². The van der Waals surface area contributed by atoms with E-state index in [1.807, 2.05) is 48.5 Å². The smallest absolute Gasteiger partial charge is 0.266 e. The number of rotatable bonds is 12. The number of hydrazine groups is 1. The molecular formula is C28H36BrN3O4. The number of aliphatic hydroxyl groups is 1. The van der Waals surface area contributed by atoms with Gasteiger partial charge >= 0.3 is 0 Å². The van der Waals surface area contributed by atoms with Crippen LogP contribution in [0, 0.1) is 5.41 Å². The van der Waals surface area contributed by atoms with Gasteiger partial charge in [0.25, 0.3) is 5.91 Å². The van der Waals surface area contributed by atoms with Gasteiger partial charge < -0.3 is 14.6 Å². The van der Waals surface area contributed by atoms with E-state index < -0.39 is 11.6 Å². The lowest BCUT2D eigenvalue weighted by molar-refractivity contribution is -0.129. The summed E-state index contributed by atoms with van der Waals surface area (Å²) in [5.74, 6) is 0.799. The van der Waals surface area contributed by atoms with E-state index in [0.29, 0.717) is 37.6 Å². The molecule has 0 aliphatic carbocycles. The van der Waals surface area contributed by atoms with Crippen LogP contribution < -0.4 is 15.6 Å². The first-order valence-corrected chi connectivity index (χ1v) is 13.0. The van der Waals surface area contributed by atoms with Gasteiger partial charge in [0.2, 0.25) is 5.90 Å². The van der Waals surface area contributed by atoms with E-state index in [4.69, 9.17) is 19.6 Å². The third kappa shape index (κ3) is 7.18. The van der Waals surface area contributed by atoms with E-state index in [0.717, 1.165) is 22.0 Å². The molecule has 0 saturated heterocycles. The van der Waals surface area contributed by atoms with Gasteiger partial charge in [0, 0.05) is 36.0 Å². The number of hydrogen-bond donors (Lipinski definition) is 3. The number of ether oxygens (including phenoxy) is 2. The molecule has 3 rings (SSSR count). The Balaban J connectivity index is 1.90. The number of carbonyl (C=O) groups is 1. The molecule has 0 aromatic heterocycles. The molecule has 194 valence electrons. The Hall–Kier alpha value is -2.68. The van der Waals surface area contributed by atoms with E-state index in [-0.39, 0.29) is 17.9 Å². The highest BCUT2D eigenvalue weighted by Crippen LogP contribution is 2.43. The molecule has 0 fully saturated rings. The summed E-state index contributed by atoms with van der Waals surface area (Å²) in [6.07, 6.45) is 2.83. The van der Waals surface area contributed by atoms with Crippen LogP contribution in [0.4, 0.5) is 0 Å². The molecule has 0 bridgehead atoms. The molecule has 2 aromatic carbocycles. The molecule has 1 aliphatic rings. The van der Waals surface area contributed by atoms with Gasteiger partial charge in [-0.05, 0) is 53.8 Å². The molecule has 0 saturated carbocycles.